The summed E-state index contributed by atoms with van der Waals surface area (Å²) in [5, 5.41) is 41.5. The van der Waals surface area contributed by atoms with Crippen molar-refractivity contribution in [3.63, 3.8) is 0 Å². The number of hydrogen-bond donors (Lipinski definition) is 5. The molecule has 8 atom stereocenters. The molecule has 8 rings (SSSR count). The fraction of sp³-hybridized carbons (Fsp3) is 0.591. The Balaban J connectivity index is 0.000000241. The van der Waals surface area contributed by atoms with Crippen molar-refractivity contribution >= 4 is 66.9 Å². The minimum atomic E-state index is -0.415. The average Bonchev–Trinajstić information content (AvgIpc) is 3.55. The number of piperidine rings is 4. The molecule has 0 aliphatic carbocycles. The van der Waals surface area contributed by atoms with E-state index < -0.39 is 7.05 Å². The predicted molar refractivity (Wildman–Crippen MR) is 353 cm³/mol. The summed E-state index contributed by atoms with van der Waals surface area (Å²) in [7, 11) is -1.11. The maximum Gasteiger partial charge on any atom is 0.376 e. The van der Waals surface area contributed by atoms with Crippen LogP contribution >= 0.6 is 11.6 Å². The largest absolute Gasteiger partial charge is 0.437 e. The molecule has 14 nitrogen and oxygen atoms in total. The highest BCUT2D eigenvalue weighted by molar-refractivity contribution is 6.63. The standard InChI is InChI=1S/C24H32N2O.C17H27BN2O2.C14H23BN2O.C8H18BNO2.C3H5ClO/c1-3-24(27)26(23-14-8-5-9-15-23)20(2)22-13-10-17-25(19-22)18-16-21-11-6-4-7-12-21;1-4-17(21)20(16-10-6-5-7-11-16)14(2)15-9-8-12-19(13-15)18(3)22;1-12(16-14-8-4-3-5-9-14)13-7-6-10-17(11-13)15(2)18;1-7(11)8-4-3-5-10(6-8)9(2)12;1-2-3(4)5/h4-9,11-12,14-15,20,22H,3,10,13,16-19H2,1-2H3;5-7,10-11,14-15,22H,4,8-9,12-13H2,1-3H3;3-5,8-9,12-13,16,18H,6-7,10-11H2,1-2H3;7-8,11-12H,3-6H2,1-2H3;2H2,1H3. The van der Waals surface area contributed by atoms with Crippen LogP contribution in [0.1, 0.15) is 125 Å². The number of nitrogens with zero attached hydrogens (tertiary/aromatic N) is 6. The maximum absolute atomic E-state index is 12.7. The van der Waals surface area contributed by atoms with Crippen molar-refractivity contribution in [1.82, 2.24) is 19.3 Å². The molecular formula is C66H105B3ClN7O7. The average molecular weight is 1180 g/mol. The summed E-state index contributed by atoms with van der Waals surface area (Å²) in [6.07, 6.45) is 11.5. The molecular weight excluding hydrogens is 1070 g/mol. The van der Waals surface area contributed by atoms with E-state index in [1.54, 1.807) is 13.7 Å². The Kier molecular flexibility index (Phi) is 33.6. The summed E-state index contributed by atoms with van der Waals surface area (Å²) >= 11 is 4.82. The SMILES string of the molecule is CB(O)N1CCCC(C(C)Nc2ccccc2)C1.CB(O)N1CCCC(C(C)O)C1.CCC(=O)Cl.CCC(=O)N(c1ccccc1)C(C)C1CCCN(B(C)O)C1.CCC(=O)N(c1ccccc1)C(C)C1CCCN(CCc2ccccc2)C1. The van der Waals surface area contributed by atoms with Gasteiger partial charge in [-0.2, -0.15) is 0 Å². The highest BCUT2D eigenvalue weighted by atomic mass is 35.5. The molecule has 4 heterocycles. The summed E-state index contributed by atoms with van der Waals surface area (Å²) in [5.74, 6) is 2.23. The van der Waals surface area contributed by atoms with Crippen LogP contribution in [-0.4, -0.2) is 161 Å². The van der Waals surface area contributed by atoms with Gasteiger partial charge in [0.25, 0.3) is 0 Å². The molecule has 0 radical (unpaired) electrons. The molecule has 2 amide bonds. The van der Waals surface area contributed by atoms with Gasteiger partial charge >= 0.3 is 21.2 Å². The van der Waals surface area contributed by atoms with E-state index in [-0.39, 0.29) is 49.3 Å². The number of aliphatic hydroxyl groups excluding tert-OH is 1. The molecule has 4 aliphatic heterocycles. The number of anilines is 3. The molecule has 0 spiro atoms. The lowest BCUT2D eigenvalue weighted by Crippen LogP contribution is -2.51. The molecule has 8 unspecified atom stereocenters. The zero-order valence-corrected chi connectivity index (χ0v) is 53.6. The highest BCUT2D eigenvalue weighted by Gasteiger charge is 2.35. The first-order valence-electron chi connectivity index (χ1n) is 31.7. The topological polar surface area (TPSA) is 164 Å². The maximum atomic E-state index is 12.7. The van der Waals surface area contributed by atoms with Gasteiger partial charge in [-0.25, -0.2) is 0 Å². The monoisotopic (exact) mass is 1180 g/mol. The van der Waals surface area contributed by atoms with Crippen LogP contribution in [0.3, 0.4) is 0 Å². The van der Waals surface area contributed by atoms with Crippen molar-refractivity contribution in [3.05, 3.63) is 127 Å². The van der Waals surface area contributed by atoms with Crippen molar-refractivity contribution in [2.45, 2.75) is 170 Å². The number of carbonyl (C=O) groups excluding carboxylic acids is 3. The zero-order chi connectivity index (χ0) is 61.6. The number of benzene rings is 4. The quantitative estimate of drug-likeness (QED) is 0.0447. The summed E-state index contributed by atoms with van der Waals surface area (Å²) in [6, 6.07) is 41.9. The fourth-order valence-electron chi connectivity index (χ4n) is 12.0. The van der Waals surface area contributed by atoms with Gasteiger partial charge in [-0.05, 0) is 229 Å². The van der Waals surface area contributed by atoms with Crippen molar-refractivity contribution in [1.29, 1.82) is 0 Å². The van der Waals surface area contributed by atoms with Gasteiger partial charge in [0.05, 0.1) is 6.10 Å². The van der Waals surface area contributed by atoms with Crippen LogP contribution < -0.4 is 15.1 Å². The Morgan fingerprint density at radius 2 is 0.893 bits per heavy atom. The number of aliphatic hydroxyl groups is 1. The first-order chi connectivity index (χ1) is 40.3. The van der Waals surface area contributed by atoms with Crippen LogP contribution in [-0.2, 0) is 20.8 Å². The number of para-hydroxylation sites is 3. The number of amides is 2. The predicted octanol–water partition coefficient (Wildman–Crippen LogP) is 11.1. The molecule has 18 heteroatoms. The molecule has 5 N–H and O–H groups in total. The number of hydrogen-bond acceptors (Lipinski definition) is 12. The van der Waals surface area contributed by atoms with Gasteiger partial charge in [0.15, 0.2) is 0 Å². The molecule has 4 fully saturated rings. The first kappa shape index (κ1) is 71.9. The lowest BCUT2D eigenvalue weighted by molar-refractivity contribution is -0.119. The number of rotatable bonds is 19. The van der Waals surface area contributed by atoms with Crippen LogP contribution in [0.15, 0.2) is 121 Å². The number of likely N-dealkylation sites (tertiary alicyclic amines) is 1. The molecule has 0 bridgehead atoms. The van der Waals surface area contributed by atoms with Crippen LogP contribution in [0.25, 0.3) is 0 Å². The third-order valence-corrected chi connectivity index (χ3v) is 17.6. The van der Waals surface area contributed by atoms with E-state index in [0.29, 0.717) is 49.0 Å². The first-order valence-corrected chi connectivity index (χ1v) is 32.1. The van der Waals surface area contributed by atoms with Gasteiger partial charge < -0.3 is 54.6 Å². The van der Waals surface area contributed by atoms with Gasteiger partial charge in [0.1, 0.15) is 0 Å². The van der Waals surface area contributed by atoms with Crippen LogP contribution in [0.4, 0.5) is 17.1 Å². The summed E-state index contributed by atoms with van der Waals surface area (Å²) in [5.41, 5.74) is 4.58. The van der Waals surface area contributed by atoms with E-state index in [4.69, 9.17) is 11.6 Å². The minimum Gasteiger partial charge on any atom is -0.437 e. The van der Waals surface area contributed by atoms with Crippen LogP contribution in [0.2, 0.25) is 20.5 Å². The van der Waals surface area contributed by atoms with E-state index in [2.05, 4.69) is 107 Å². The second-order valence-electron chi connectivity index (χ2n) is 23.7. The van der Waals surface area contributed by atoms with Gasteiger partial charge in [-0.1, -0.05) is 106 Å². The van der Waals surface area contributed by atoms with E-state index in [1.165, 1.54) is 43.5 Å². The van der Waals surface area contributed by atoms with Gasteiger partial charge in [0, 0.05) is 67.5 Å². The summed E-state index contributed by atoms with van der Waals surface area (Å²) in [4.78, 5) is 47.6. The van der Waals surface area contributed by atoms with Crippen LogP contribution in [0, 0.1) is 23.7 Å². The van der Waals surface area contributed by atoms with E-state index in [0.717, 1.165) is 95.8 Å². The zero-order valence-electron chi connectivity index (χ0n) is 52.8. The minimum absolute atomic E-state index is 0.136. The molecule has 84 heavy (non-hydrogen) atoms. The highest BCUT2D eigenvalue weighted by Crippen LogP contribution is 2.30. The van der Waals surface area contributed by atoms with Gasteiger partial charge in [0.2, 0.25) is 17.1 Å². The summed E-state index contributed by atoms with van der Waals surface area (Å²) in [6.45, 7) is 28.4. The number of halogens is 1. The molecule has 4 aliphatic rings. The Hall–Kier alpha value is -4.55. The van der Waals surface area contributed by atoms with Crippen molar-refractivity contribution < 1.29 is 34.6 Å². The molecule has 4 saturated heterocycles. The molecule has 4 aromatic carbocycles. The molecule has 0 aromatic heterocycles. The molecule has 0 saturated carbocycles. The van der Waals surface area contributed by atoms with E-state index >= 15 is 0 Å². The van der Waals surface area contributed by atoms with Gasteiger partial charge in [-0.3, -0.25) is 14.4 Å². The molecule has 4 aromatic rings. The van der Waals surface area contributed by atoms with E-state index in [1.807, 2.05) is 104 Å². The second-order valence-corrected chi connectivity index (χ2v) is 24.1. The molecule has 462 valence electrons. The second kappa shape index (κ2) is 39.3. The number of carbonyl (C=O) groups is 3. The normalized spacial score (nSPS) is 20.8. The Labute approximate surface area is 513 Å². The Morgan fingerprint density at radius 1 is 0.536 bits per heavy atom. The van der Waals surface area contributed by atoms with Crippen molar-refractivity contribution in [3.8, 4) is 0 Å². The van der Waals surface area contributed by atoms with Crippen molar-refractivity contribution in [2.24, 2.45) is 23.7 Å². The fourth-order valence-corrected chi connectivity index (χ4v) is 12.0. The number of nitrogens with one attached hydrogen (secondary N) is 1. The van der Waals surface area contributed by atoms with Crippen LogP contribution in [0.5, 0.6) is 0 Å². The third-order valence-electron chi connectivity index (χ3n) is 17.4. The smallest absolute Gasteiger partial charge is 0.376 e. The third kappa shape index (κ3) is 25.0. The lowest BCUT2D eigenvalue weighted by atomic mass is 9.79. The van der Waals surface area contributed by atoms with Gasteiger partial charge in [-0.15, -0.1) is 0 Å². The summed E-state index contributed by atoms with van der Waals surface area (Å²) < 4.78 is 0. The Morgan fingerprint density at radius 3 is 1.30 bits per heavy atom. The van der Waals surface area contributed by atoms with Crippen molar-refractivity contribution in [2.75, 3.05) is 74.0 Å². The lowest BCUT2D eigenvalue weighted by Gasteiger charge is -2.41. The Bertz CT molecular complexity index is 2390. The van der Waals surface area contributed by atoms with E-state index in [9.17, 15) is 34.6 Å².